The molecular weight excluding hydrogens is 59.0 g/mol. The Kier molecular flexibility index (Phi) is 720. The van der Waals surface area contributed by atoms with Crippen LogP contribution in [0.4, 0.5) is 0 Å². The molecule has 0 N–H and O–H groups in total. The Bertz CT molecular complexity index is 3.25. The Morgan fingerprint density at radius 1 is 0.500 bits per heavy atom. The molecule has 0 aliphatic rings. The minimum atomic E-state index is 0. The molecule has 0 heterocycles. The first-order valence-electron chi connectivity index (χ1n) is 0. The molecule has 0 saturated carbocycles. The fourth-order valence-corrected chi connectivity index (χ4v) is 0. The van der Waals surface area contributed by atoms with Crippen molar-refractivity contribution >= 4 is 29.6 Å². The number of hydrogen-bond donors (Lipinski definition) is 0. The van der Waals surface area contributed by atoms with Crippen LogP contribution in [-0.4, -0.2) is 29.6 Å². The van der Waals surface area contributed by atoms with Gasteiger partial charge in [0.25, 0.3) is 0 Å². The Labute approximate surface area is 51.9 Å². The van der Waals surface area contributed by atoms with E-state index in [1.165, 1.54) is 0 Å². The van der Waals surface area contributed by atoms with Crippen molar-refractivity contribution in [1.82, 2.24) is 0 Å². The maximum absolute atomic E-state index is 0. The van der Waals surface area contributed by atoms with E-state index in [1.54, 1.807) is 0 Å². The van der Waals surface area contributed by atoms with Gasteiger partial charge in [-0.05, 0) is 0 Å². The zero-order valence-corrected chi connectivity index (χ0v) is 3.00. The van der Waals surface area contributed by atoms with Crippen LogP contribution in [0.15, 0.2) is 0 Å². The predicted octanol–water partition coefficient (Wildman–Crippen LogP) is 1.53. The van der Waals surface area contributed by atoms with Crippen molar-refractivity contribution in [1.29, 1.82) is 0 Å². The second kappa shape index (κ2) is 36.0. The van der Waals surface area contributed by atoms with Crippen LogP contribution in [0.3, 0.4) is 0 Å². The van der Waals surface area contributed by atoms with E-state index in [0.29, 0.717) is 0 Å². The molecule has 1 radical (unpaired) electrons. The van der Waals surface area contributed by atoms with Crippen LogP contribution in [0.2, 0.25) is 0 Å². The largest absolute Gasteiger partial charge is 0.0776 e. The van der Waals surface area contributed by atoms with Crippen LogP contribution in [0.25, 0.3) is 0 Å². The van der Waals surface area contributed by atoms with E-state index < -0.39 is 0 Å². The van der Waals surface area contributed by atoms with Crippen LogP contribution >= 0.6 is 0 Å². The van der Waals surface area contributed by atoms with Crippen LogP contribution < -0.4 is 0 Å². The Morgan fingerprint density at radius 2 is 0.500 bits per heavy atom. The van der Waals surface area contributed by atoms with E-state index in [4.69, 9.17) is 0 Å². The van der Waals surface area contributed by atoms with Gasteiger partial charge in [-0.2, -0.15) is 0 Å². The minimum Gasteiger partial charge on any atom is -0.0776 e. The SMILES string of the molecule is C.C.C.[Na]. The van der Waals surface area contributed by atoms with Gasteiger partial charge in [-0.25, -0.2) is 0 Å². The first kappa shape index (κ1) is 80.0. The molecule has 0 nitrogen and oxygen atoms in total. The van der Waals surface area contributed by atoms with Gasteiger partial charge in [0, 0.05) is 29.6 Å². The van der Waals surface area contributed by atoms with Crippen molar-refractivity contribution in [3.63, 3.8) is 0 Å². The minimum absolute atomic E-state index is 0. The summed E-state index contributed by atoms with van der Waals surface area (Å²) in [5.74, 6) is 0. The quantitative estimate of drug-likeness (QED) is 0.380. The molecule has 25 valence electrons. The van der Waals surface area contributed by atoms with Crippen molar-refractivity contribution < 1.29 is 0 Å². The van der Waals surface area contributed by atoms with Crippen molar-refractivity contribution in [2.45, 2.75) is 22.3 Å². The maximum atomic E-state index is 0. The molecule has 0 spiro atoms. The van der Waals surface area contributed by atoms with Gasteiger partial charge in [0.2, 0.25) is 0 Å². The summed E-state index contributed by atoms with van der Waals surface area (Å²) in [7, 11) is 0. The summed E-state index contributed by atoms with van der Waals surface area (Å²) in [4.78, 5) is 0. The van der Waals surface area contributed by atoms with Crippen molar-refractivity contribution in [3.8, 4) is 0 Å². The molecule has 0 unspecified atom stereocenters. The molecule has 0 atom stereocenters. The van der Waals surface area contributed by atoms with Crippen LogP contribution in [-0.2, 0) is 0 Å². The van der Waals surface area contributed by atoms with Crippen LogP contribution in [0.1, 0.15) is 22.3 Å². The topological polar surface area (TPSA) is 0 Å². The first-order chi connectivity index (χ1) is 0. The third-order valence-corrected chi connectivity index (χ3v) is 0. The summed E-state index contributed by atoms with van der Waals surface area (Å²) >= 11 is 0. The molecule has 0 aromatic rings. The molecule has 0 amide bonds. The molecule has 0 aliphatic heterocycles. The van der Waals surface area contributed by atoms with Gasteiger partial charge in [0.15, 0.2) is 0 Å². The Morgan fingerprint density at radius 3 is 0.500 bits per heavy atom. The third-order valence-electron chi connectivity index (χ3n) is 0. The molecule has 1 heteroatoms. The zero-order valence-electron chi connectivity index (χ0n) is 1.00. The third kappa shape index (κ3) is 12.0. The average Bonchev–Trinajstić information content (AvgIpc) is 0. The van der Waals surface area contributed by atoms with Crippen molar-refractivity contribution in [2.24, 2.45) is 0 Å². The van der Waals surface area contributed by atoms with E-state index in [0.717, 1.165) is 0 Å². The van der Waals surface area contributed by atoms with E-state index in [-0.39, 0.29) is 51.8 Å². The molecule has 0 saturated heterocycles. The standard InChI is InChI=1S/3CH4.Na/h3*1H4;. The molecule has 0 aliphatic carbocycles. The summed E-state index contributed by atoms with van der Waals surface area (Å²) in [6, 6.07) is 0. The molecule has 0 rings (SSSR count). The summed E-state index contributed by atoms with van der Waals surface area (Å²) in [6.45, 7) is 0. The summed E-state index contributed by atoms with van der Waals surface area (Å²) in [6.07, 6.45) is 0. The van der Waals surface area contributed by atoms with Crippen molar-refractivity contribution in [2.75, 3.05) is 0 Å². The van der Waals surface area contributed by atoms with Gasteiger partial charge in [-0.1, -0.05) is 22.3 Å². The Balaban J connectivity index is 0. The van der Waals surface area contributed by atoms with Gasteiger partial charge in [-0.3, -0.25) is 0 Å². The zero-order chi connectivity index (χ0) is 0. The van der Waals surface area contributed by atoms with Gasteiger partial charge >= 0.3 is 0 Å². The van der Waals surface area contributed by atoms with Gasteiger partial charge in [0.05, 0.1) is 0 Å². The fourth-order valence-electron chi connectivity index (χ4n) is 0. The fraction of sp³-hybridized carbons (Fsp3) is 1.00. The first-order valence-corrected chi connectivity index (χ1v) is 0. The monoisotopic (exact) mass is 71.1 g/mol. The molecule has 0 bridgehead atoms. The normalized spacial score (nSPS) is 0. The smallest absolute Gasteiger partial charge is 0 e. The molecule has 0 aromatic heterocycles. The Hall–Kier alpha value is 1.00. The number of hydrogen-bond acceptors (Lipinski definition) is 0. The second-order valence-electron chi connectivity index (χ2n) is 0. The number of rotatable bonds is 0. The van der Waals surface area contributed by atoms with E-state index in [9.17, 15) is 0 Å². The van der Waals surface area contributed by atoms with Crippen LogP contribution in [0, 0.1) is 0 Å². The molecular formula is C3H12Na. The van der Waals surface area contributed by atoms with Gasteiger partial charge in [-0.15, -0.1) is 0 Å². The van der Waals surface area contributed by atoms with Gasteiger partial charge < -0.3 is 0 Å². The predicted molar refractivity (Wildman–Crippen MR) is 25.9 cm³/mol. The molecule has 0 aromatic carbocycles. The molecule has 4 heavy (non-hydrogen) atoms. The summed E-state index contributed by atoms with van der Waals surface area (Å²) in [5.41, 5.74) is 0. The van der Waals surface area contributed by atoms with E-state index in [2.05, 4.69) is 0 Å². The second-order valence-corrected chi connectivity index (χ2v) is 0. The van der Waals surface area contributed by atoms with Crippen LogP contribution in [0.5, 0.6) is 0 Å². The van der Waals surface area contributed by atoms with Crippen molar-refractivity contribution in [3.05, 3.63) is 0 Å². The summed E-state index contributed by atoms with van der Waals surface area (Å²) in [5, 5.41) is 0. The maximum Gasteiger partial charge on any atom is 0 e. The van der Waals surface area contributed by atoms with E-state index in [1.807, 2.05) is 0 Å². The average molecular weight is 71.1 g/mol. The van der Waals surface area contributed by atoms with E-state index >= 15 is 0 Å². The van der Waals surface area contributed by atoms with Gasteiger partial charge in [0.1, 0.15) is 0 Å². The summed E-state index contributed by atoms with van der Waals surface area (Å²) < 4.78 is 0. The molecule has 0 fully saturated rings.